The third-order valence-corrected chi connectivity index (χ3v) is 4.96. The van der Waals surface area contributed by atoms with Gasteiger partial charge in [0.25, 0.3) is 0 Å². The average molecular weight is 314 g/mol. The maximum Gasteiger partial charge on any atom is 0.236 e. The van der Waals surface area contributed by atoms with Gasteiger partial charge in [-0.25, -0.2) is 8.78 Å². The standard InChI is InChI=1S/C15H20F2N2OS/c1-21-13(10-3-2-4-11(16)14(10)17)7-9-5-6-12(18)15(20)19-8-9/h2-4,9,12-13H,5-8,18H2,1H3,(H,19,20)/t9-,12+,13?/m0/s1. The van der Waals surface area contributed by atoms with Crippen LogP contribution in [0.4, 0.5) is 8.78 Å². The molecule has 1 amide bonds. The number of hydrogen-bond acceptors (Lipinski definition) is 3. The Labute approximate surface area is 127 Å². The minimum atomic E-state index is -0.817. The first-order chi connectivity index (χ1) is 10.0. The summed E-state index contributed by atoms with van der Waals surface area (Å²) in [4.78, 5) is 11.5. The molecule has 0 radical (unpaired) electrons. The third kappa shape index (κ3) is 3.95. The van der Waals surface area contributed by atoms with Crippen LogP contribution in [0.5, 0.6) is 0 Å². The summed E-state index contributed by atoms with van der Waals surface area (Å²) in [6.07, 6.45) is 4.02. The predicted molar refractivity (Wildman–Crippen MR) is 80.9 cm³/mol. The van der Waals surface area contributed by atoms with Gasteiger partial charge in [0.05, 0.1) is 6.04 Å². The van der Waals surface area contributed by atoms with Gasteiger partial charge in [0.2, 0.25) is 5.91 Å². The Morgan fingerprint density at radius 3 is 2.90 bits per heavy atom. The molecule has 0 saturated carbocycles. The minimum absolute atomic E-state index is 0.128. The van der Waals surface area contributed by atoms with E-state index in [-0.39, 0.29) is 17.1 Å². The Balaban J connectivity index is 2.08. The largest absolute Gasteiger partial charge is 0.354 e. The molecule has 3 N–H and O–H groups in total. The molecule has 1 aliphatic rings. The summed E-state index contributed by atoms with van der Waals surface area (Å²) in [5.41, 5.74) is 6.12. The lowest BCUT2D eigenvalue weighted by Crippen LogP contribution is -2.39. The van der Waals surface area contributed by atoms with Crippen LogP contribution in [0.3, 0.4) is 0 Å². The molecular weight excluding hydrogens is 294 g/mol. The summed E-state index contributed by atoms with van der Waals surface area (Å²) in [5.74, 6) is -1.49. The van der Waals surface area contributed by atoms with E-state index >= 15 is 0 Å². The van der Waals surface area contributed by atoms with Gasteiger partial charge < -0.3 is 11.1 Å². The van der Waals surface area contributed by atoms with Crippen molar-refractivity contribution in [3.05, 3.63) is 35.4 Å². The maximum absolute atomic E-state index is 13.9. The highest BCUT2D eigenvalue weighted by atomic mass is 32.2. The molecule has 2 rings (SSSR count). The van der Waals surface area contributed by atoms with Crippen LogP contribution in [0.15, 0.2) is 18.2 Å². The van der Waals surface area contributed by atoms with Crippen molar-refractivity contribution >= 4 is 17.7 Å². The smallest absolute Gasteiger partial charge is 0.236 e. The highest BCUT2D eigenvalue weighted by molar-refractivity contribution is 7.98. The Hall–Kier alpha value is -1.14. The van der Waals surface area contributed by atoms with E-state index in [2.05, 4.69) is 5.32 Å². The number of nitrogens with two attached hydrogens (primary N) is 1. The van der Waals surface area contributed by atoms with E-state index in [1.165, 1.54) is 17.8 Å². The summed E-state index contributed by atoms with van der Waals surface area (Å²) < 4.78 is 27.3. The molecule has 0 spiro atoms. The molecule has 21 heavy (non-hydrogen) atoms. The van der Waals surface area contributed by atoms with E-state index in [1.807, 2.05) is 6.26 Å². The van der Waals surface area contributed by atoms with Crippen molar-refractivity contribution in [2.45, 2.75) is 30.6 Å². The minimum Gasteiger partial charge on any atom is -0.354 e. The van der Waals surface area contributed by atoms with Crippen molar-refractivity contribution in [1.29, 1.82) is 0 Å². The highest BCUT2D eigenvalue weighted by Crippen LogP contribution is 2.36. The van der Waals surface area contributed by atoms with E-state index in [0.717, 1.165) is 12.5 Å². The van der Waals surface area contributed by atoms with Crippen molar-refractivity contribution < 1.29 is 13.6 Å². The molecule has 1 unspecified atom stereocenters. The molecule has 0 aromatic heterocycles. The maximum atomic E-state index is 13.9. The van der Waals surface area contributed by atoms with Gasteiger partial charge in [-0.1, -0.05) is 12.1 Å². The van der Waals surface area contributed by atoms with E-state index in [9.17, 15) is 13.6 Å². The molecule has 1 saturated heterocycles. The molecule has 1 fully saturated rings. The fraction of sp³-hybridized carbons (Fsp3) is 0.533. The molecule has 3 nitrogen and oxygen atoms in total. The molecule has 0 aliphatic carbocycles. The summed E-state index contributed by atoms with van der Waals surface area (Å²) in [7, 11) is 0. The lowest BCUT2D eigenvalue weighted by molar-refractivity contribution is -0.122. The number of carbonyl (C=O) groups is 1. The third-order valence-electron chi connectivity index (χ3n) is 3.95. The number of benzene rings is 1. The first kappa shape index (κ1) is 16.2. The SMILES string of the molecule is CSC(C[C@@H]1CC[C@@H](N)C(=O)NC1)c1cccc(F)c1F. The molecule has 1 aromatic carbocycles. The van der Waals surface area contributed by atoms with Gasteiger partial charge in [0.1, 0.15) is 0 Å². The molecule has 3 atom stereocenters. The first-order valence-electron chi connectivity index (χ1n) is 7.03. The van der Waals surface area contributed by atoms with Crippen LogP contribution in [0.1, 0.15) is 30.1 Å². The number of hydrogen-bond donors (Lipinski definition) is 2. The Morgan fingerprint density at radius 1 is 1.43 bits per heavy atom. The van der Waals surface area contributed by atoms with Gasteiger partial charge in [-0.3, -0.25) is 4.79 Å². The fourth-order valence-corrected chi connectivity index (χ4v) is 3.55. The second-order valence-electron chi connectivity index (χ2n) is 5.40. The summed E-state index contributed by atoms with van der Waals surface area (Å²) >= 11 is 1.50. The molecule has 1 aromatic rings. The van der Waals surface area contributed by atoms with Crippen LogP contribution < -0.4 is 11.1 Å². The van der Waals surface area contributed by atoms with Crippen LogP contribution >= 0.6 is 11.8 Å². The normalized spacial score (nSPS) is 24.3. The predicted octanol–water partition coefficient (Wildman–Crippen LogP) is 2.61. The molecule has 6 heteroatoms. The summed E-state index contributed by atoms with van der Waals surface area (Å²) in [6, 6.07) is 3.82. The van der Waals surface area contributed by atoms with Crippen molar-refractivity contribution in [2.75, 3.05) is 12.8 Å². The zero-order valence-electron chi connectivity index (χ0n) is 11.9. The number of amides is 1. The van der Waals surface area contributed by atoms with E-state index in [1.54, 1.807) is 6.07 Å². The second kappa shape index (κ2) is 7.22. The van der Waals surface area contributed by atoms with E-state index in [0.29, 0.717) is 24.9 Å². The molecule has 0 bridgehead atoms. The zero-order chi connectivity index (χ0) is 15.4. The average Bonchev–Trinajstić information content (AvgIpc) is 2.63. The van der Waals surface area contributed by atoms with Crippen LogP contribution in [-0.4, -0.2) is 24.7 Å². The van der Waals surface area contributed by atoms with Crippen LogP contribution in [0.2, 0.25) is 0 Å². The van der Waals surface area contributed by atoms with Crippen molar-refractivity contribution in [1.82, 2.24) is 5.32 Å². The van der Waals surface area contributed by atoms with Gasteiger partial charge in [-0.05, 0) is 37.5 Å². The Kier molecular flexibility index (Phi) is 5.58. The Bertz CT molecular complexity index is 512. The topological polar surface area (TPSA) is 55.1 Å². The molecule has 1 heterocycles. The number of rotatable bonds is 4. The highest BCUT2D eigenvalue weighted by Gasteiger charge is 2.26. The number of nitrogens with one attached hydrogen (secondary N) is 1. The van der Waals surface area contributed by atoms with Crippen LogP contribution in [0.25, 0.3) is 0 Å². The molecular formula is C15H20F2N2OS. The Morgan fingerprint density at radius 2 is 2.19 bits per heavy atom. The summed E-state index contributed by atoms with van der Waals surface area (Å²) in [5, 5.41) is 2.68. The van der Waals surface area contributed by atoms with Crippen molar-refractivity contribution in [2.24, 2.45) is 11.7 Å². The lowest BCUT2D eigenvalue weighted by Gasteiger charge is -2.22. The zero-order valence-corrected chi connectivity index (χ0v) is 12.8. The first-order valence-corrected chi connectivity index (χ1v) is 8.31. The summed E-state index contributed by atoms with van der Waals surface area (Å²) in [6.45, 7) is 0.542. The second-order valence-corrected chi connectivity index (χ2v) is 6.44. The molecule has 116 valence electrons. The monoisotopic (exact) mass is 314 g/mol. The van der Waals surface area contributed by atoms with Gasteiger partial charge in [0, 0.05) is 17.4 Å². The fourth-order valence-electron chi connectivity index (χ4n) is 2.65. The molecule has 1 aliphatic heterocycles. The van der Waals surface area contributed by atoms with Gasteiger partial charge in [-0.15, -0.1) is 0 Å². The van der Waals surface area contributed by atoms with Crippen LogP contribution in [-0.2, 0) is 4.79 Å². The number of halogens is 2. The van der Waals surface area contributed by atoms with Crippen LogP contribution in [0, 0.1) is 17.6 Å². The van der Waals surface area contributed by atoms with E-state index < -0.39 is 17.7 Å². The number of carbonyl (C=O) groups excluding carboxylic acids is 1. The van der Waals surface area contributed by atoms with Gasteiger partial charge in [0.15, 0.2) is 11.6 Å². The quantitative estimate of drug-likeness (QED) is 0.898. The van der Waals surface area contributed by atoms with Crippen molar-refractivity contribution in [3.63, 3.8) is 0 Å². The number of thioether (sulfide) groups is 1. The lowest BCUT2D eigenvalue weighted by atomic mass is 9.94. The van der Waals surface area contributed by atoms with E-state index in [4.69, 9.17) is 5.73 Å². The van der Waals surface area contributed by atoms with Crippen molar-refractivity contribution in [3.8, 4) is 0 Å². The van der Waals surface area contributed by atoms with Gasteiger partial charge in [-0.2, -0.15) is 11.8 Å². The van der Waals surface area contributed by atoms with Gasteiger partial charge >= 0.3 is 0 Å².